The largest absolute Gasteiger partial charge is 0.481 e. The number of rotatable bonds is 4. The van der Waals surface area contributed by atoms with E-state index >= 15 is 0 Å². The van der Waals surface area contributed by atoms with Gasteiger partial charge in [-0.3, -0.25) is 9.78 Å². The lowest BCUT2D eigenvalue weighted by Crippen LogP contribution is -2.36. The van der Waals surface area contributed by atoms with E-state index in [1.807, 2.05) is 18.2 Å². The second-order valence-electron chi connectivity index (χ2n) is 6.88. The molecule has 1 aliphatic carbocycles. The van der Waals surface area contributed by atoms with E-state index in [2.05, 4.69) is 9.88 Å². The van der Waals surface area contributed by atoms with Crippen LogP contribution in [0.4, 0.5) is 5.82 Å². The molecular weight excluding hydrogens is 334 g/mol. The van der Waals surface area contributed by atoms with Gasteiger partial charge in [0, 0.05) is 25.4 Å². The van der Waals surface area contributed by atoms with Crippen LogP contribution in [0.15, 0.2) is 24.4 Å². The molecule has 1 aliphatic heterocycles. The Hall–Kier alpha value is -2.41. The van der Waals surface area contributed by atoms with Gasteiger partial charge in [0.25, 0.3) is 0 Å². The zero-order chi connectivity index (χ0) is 17.9. The Bertz CT molecular complexity index is 783. The van der Waals surface area contributed by atoms with Gasteiger partial charge in [0.05, 0.1) is 30.0 Å². The van der Waals surface area contributed by atoms with Crippen molar-refractivity contribution in [2.75, 3.05) is 31.2 Å². The molecule has 3 heterocycles. The molecule has 0 unspecified atom stereocenters. The van der Waals surface area contributed by atoms with Crippen LogP contribution < -0.4 is 9.64 Å². The predicted molar refractivity (Wildman–Crippen MR) is 96.6 cm³/mol. The van der Waals surface area contributed by atoms with Crippen molar-refractivity contribution in [2.24, 2.45) is 5.92 Å². The molecule has 0 bridgehead atoms. The fourth-order valence-corrected chi connectivity index (χ4v) is 3.66. The molecule has 2 aromatic rings. The Morgan fingerprint density at radius 3 is 2.73 bits per heavy atom. The van der Waals surface area contributed by atoms with Crippen LogP contribution in [0.1, 0.15) is 25.7 Å². The van der Waals surface area contributed by atoms with Gasteiger partial charge in [0.15, 0.2) is 0 Å². The molecule has 138 valence electrons. The summed E-state index contributed by atoms with van der Waals surface area (Å²) in [5.74, 6) is 0.496. The Morgan fingerprint density at radius 1 is 1.23 bits per heavy atom. The summed E-state index contributed by atoms with van der Waals surface area (Å²) in [7, 11) is 0. The number of hydrogen-bond donors (Lipinski definition) is 1. The number of pyridine rings is 2. The molecule has 1 saturated heterocycles. The monoisotopic (exact) mass is 357 g/mol. The topological polar surface area (TPSA) is 84.8 Å². The predicted octanol–water partition coefficient (Wildman–Crippen LogP) is 2.49. The molecule has 0 spiro atoms. The fraction of sp³-hybridized carbons (Fsp3) is 0.526. The van der Waals surface area contributed by atoms with Gasteiger partial charge in [0.1, 0.15) is 11.9 Å². The minimum absolute atomic E-state index is 0.00134. The number of carboxylic acids is 1. The summed E-state index contributed by atoms with van der Waals surface area (Å²) in [6, 6.07) is 5.85. The van der Waals surface area contributed by atoms with Crippen LogP contribution in [-0.4, -0.2) is 53.5 Å². The third kappa shape index (κ3) is 3.58. The highest BCUT2D eigenvalue weighted by atomic mass is 16.5. The molecular formula is C19H23N3O4. The summed E-state index contributed by atoms with van der Waals surface area (Å²) in [4.78, 5) is 22.6. The number of aromatic nitrogens is 2. The van der Waals surface area contributed by atoms with Gasteiger partial charge >= 0.3 is 5.97 Å². The number of aliphatic carboxylic acids is 1. The summed E-state index contributed by atoms with van der Waals surface area (Å²) in [5, 5.41) is 10.1. The zero-order valence-corrected chi connectivity index (χ0v) is 14.6. The fourth-order valence-electron chi connectivity index (χ4n) is 3.66. The van der Waals surface area contributed by atoms with Crippen LogP contribution in [0.2, 0.25) is 0 Å². The van der Waals surface area contributed by atoms with Crippen molar-refractivity contribution >= 4 is 22.7 Å². The van der Waals surface area contributed by atoms with E-state index in [9.17, 15) is 4.79 Å². The van der Waals surface area contributed by atoms with Gasteiger partial charge in [-0.05, 0) is 37.8 Å². The quantitative estimate of drug-likeness (QED) is 0.900. The average Bonchev–Trinajstić information content (AvgIpc) is 2.69. The van der Waals surface area contributed by atoms with Crippen molar-refractivity contribution in [1.29, 1.82) is 0 Å². The summed E-state index contributed by atoms with van der Waals surface area (Å²) >= 11 is 0. The van der Waals surface area contributed by atoms with Crippen molar-refractivity contribution in [2.45, 2.75) is 31.8 Å². The molecule has 2 aromatic heterocycles. The summed E-state index contributed by atoms with van der Waals surface area (Å²) < 4.78 is 11.7. The number of morpholine rings is 1. The first-order valence-electron chi connectivity index (χ1n) is 9.18. The maximum absolute atomic E-state index is 11.1. The van der Waals surface area contributed by atoms with E-state index < -0.39 is 5.97 Å². The van der Waals surface area contributed by atoms with Crippen molar-refractivity contribution in [3.63, 3.8) is 0 Å². The minimum atomic E-state index is -0.703. The Balaban J connectivity index is 1.58. The standard InChI is InChI=1S/C19H23N3O4/c23-19(24)13-3-5-14(6-4-13)26-18-15-2-1-7-20-16(15)12-17(21-18)22-8-10-25-11-9-22/h1-2,7,12-14H,3-6,8-11H2,(H,23,24)/t13-,14+. The number of carbonyl (C=O) groups is 1. The van der Waals surface area contributed by atoms with E-state index in [0.717, 1.165) is 42.7 Å². The highest BCUT2D eigenvalue weighted by Gasteiger charge is 2.28. The van der Waals surface area contributed by atoms with Crippen molar-refractivity contribution in [1.82, 2.24) is 9.97 Å². The van der Waals surface area contributed by atoms with Crippen LogP contribution in [0.5, 0.6) is 5.88 Å². The molecule has 26 heavy (non-hydrogen) atoms. The van der Waals surface area contributed by atoms with Gasteiger partial charge in [0.2, 0.25) is 5.88 Å². The minimum Gasteiger partial charge on any atom is -0.481 e. The lowest BCUT2D eigenvalue weighted by atomic mass is 9.87. The SMILES string of the molecule is O=C(O)[C@H]1CC[C@@H](Oc2nc(N3CCOCC3)cc3ncccc23)CC1. The van der Waals surface area contributed by atoms with Crippen LogP contribution in [0.3, 0.4) is 0 Å². The maximum Gasteiger partial charge on any atom is 0.306 e. The molecule has 0 radical (unpaired) electrons. The Morgan fingerprint density at radius 2 is 2.00 bits per heavy atom. The van der Waals surface area contributed by atoms with Crippen LogP contribution in [0, 0.1) is 5.92 Å². The Kier molecular flexibility index (Phi) is 4.88. The second-order valence-corrected chi connectivity index (χ2v) is 6.88. The van der Waals surface area contributed by atoms with Crippen molar-refractivity contribution < 1.29 is 19.4 Å². The lowest BCUT2D eigenvalue weighted by Gasteiger charge is -2.29. The van der Waals surface area contributed by atoms with E-state index in [4.69, 9.17) is 19.6 Å². The average molecular weight is 357 g/mol. The normalized spacial score (nSPS) is 23.8. The third-order valence-electron chi connectivity index (χ3n) is 5.19. The van der Waals surface area contributed by atoms with Crippen molar-refractivity contribution in [3.8, 4) is 5.88 Å². The van der Waals surface area contributed by atoms with Crippen LogP contribution >= 0.6 is 0 Å². The molecule has 0 aromatic carbocycles. The van der Waals surface area contributed by atoms with Gasteiger partial charge in [-0.1, -0.05) is 0 Å². The molecule has 7 heteroatoms. The van der Waals surface area contributed by atoms with Gasteiger partial charge in [-0.2, -0.15) is 4.98 Å². The van der Waals surface area contributed by atoms with Gasteiger partial charge < -0.3 is 19.5 Å². The number of anilines is 1. The zero-order valence-electron chi connectivity index (χ0n) is 14.6. The number of ether oxygens (including phenoxy) is 2. The highest BCUT2D eigenvalue weighted by molar-refractivity contribution is 5.85. The lowest BCUT2D eigenvalue weighted by molar-refractivity contribution is -0.143. The number of carboxylic acid groups (broad SMARTS) is 1. The first kappa shape index (κ1) is 17.0. The third-order valence-corrected chi connectivity index (χ3v) is 5.19. The first-order chi connectivity index (χ1) is 12.7. The van der Waals surface area contributed by atoms with Crippen LogP contribution in [-0.2, 0) is 9.53 Å². The smallest absolute Gasteiger partial charge is 0.306 e. The second kappa shape index (κ2) is 7.45. The Labute approximate surface area is 151 Å². The molecule has 1 saturated carbocycles. The molecule has 1 N–H and O–H groups in total. The van der Waals surface area contributed by atoms with E-state index in [0.29, 0.717) is 31.9 Å². The molecule has 4 rings (SSSR count). The van der Waals surface area contributed by atoms with Gasteiger partial charge in [-0.25, -0.2) is 0 Å². The number of fused-ring (bicyclic) bond motifs is 1. The first-order valence-corrected chi connectivity index (χ1v) is 9.18. The van der Waals surface area contributed by atoms with E-state index in [-0.39, 0.29) is 12.0 Å². The van der Waals surface area contributed by atoms with E-state index in [1.54, 1.807) is 6.20 Å². The van der Waals surface area contributed by atoms with E-state index in [1.165, 1.54) is 0 Å². The molecule has 2 aliphatic rings. The summed E-state index contributed by atoms with van der Waals surface area (Å²) in [6.45, 7) is 2.98. The summed E-state index contributed by atoms with van der Waals surface area (Å²) in [5.41, 5.74) is 0.859. The molecule has 0 amide bonds. The van der Waals surface area contributed by atoms with Crippen molar-refractivity contribution in [3.05, 3.63) is 24.4 Å². The highest BCUT2D eigenvalue weighted by Crippen LogP contribution is 2.32. The molecule has 0 atom stereocenters. The maximum atomic E-state index is 11.1. The van der Waals surface area contributed by atoms with Crippen LogP contribution in [0.25, 0.3) is 10.9 Å². The number of nitrogens with zero attached hydrogens (tertiary/aromatic N) is 3. The summed E-state index contributed by atoms with van der Waals surface area (Å²) in [6.07, 6.45) is 4.55. The molecule has 7 nitrogen and oxygen atoms in total. The molecule has 2 fully saturated rings. The number of hydrogen-bond acceptors (Lipinski definition) is 6. The van der Waals surface area contributed by atoms with Gasteiger partial charge in [-0.15, -0.1) is 0 Å².